The average molecular weight is 439 g/mol. The summed E-state index contributed by atoms with van der Waals surface area (Å²) in [6, 6.07) is 24.6. The molecule has 3 rings (SSSR count). The van der Waals surface area contributed by atoms with Crippen molar-refractivity contribution in [3.63, 3.8) is 0 Å². The maximum absolute atomic E-state index is 12.6. The van der Waals surface area contributed by atoms with Crippen LogP contribution in [-0.2, 0) is 17.0 Å². The Morgan fingerprint density at radius 2 is 1.57 bits per heavy atom. The van der Waals surface area contributed by atoms with E-state index in [4.69, 9.17) is 11.6 Å². The molecule has 3 aromatic rings. The highest BCUT2D eigenvalue weighted by molar-refractivity contribution is 7.99. The number of amides is 2. The van der Waals surface area contributed by atoms with Crippen LogP contribution in [0.5, 0.6) is 0 Å². The molecule has 154 valence electrons. The summed E-state index contributed by atoms with van der Waals surface area (Å²) in [5, 5.41) is 6.47. The Balaban J connectivity index is 1.50. The summed E-state index contributed by atoms with van der Waals surface area (Å²) in [4.78, 5) is 25.0. The first-order chi connectivity index (χ1) is 14.6. The fourth-order valence-corrected chi connectivity index (χ4v) is 4.02. The van der Waals surface area contributed by atoms with Crippen LogP contribution < -0.4 is 10.6 Å². The van der Waals surface area contributed by atoms with Crippen LogP contribution in [0.1, 0.15) is 21.5 Å². The highest BCUT2D eigenvalue weighted by atomic mass is 35.5. The van der Waals surface area contributed by atoms with E-state index in [9.17, 15) is 9.59 Å². The third-order valence-corrected chi connectivity index (χ3v) is 5.79. The predicted octanol–water partition coefficient (Wildman–Crippen LogP) is 5.18. The van der Waals surface area contributed by atoms with E-state index in [1.165, 1.54) is 11.8 Å². The van der Waals surface area contributed by atoms with E-state index >= 15 is 0 Å². The minimum Gasteiger partial charge on any atom is -0.352 e. The van der Waals surface area contributed by atoms with Crippen molar-refractivity contribution in [2.75, 3.05) is 17.6 Å². The lowest BCUT2D eigenvalue weighted by atomic mass is 10.1. The first-order valence-corrected chi connectivity index (χ1v) is 11.2. The molecule has 2 amide bonds. The van der Waals surface area contributed by atoms with Gasteiger partial charge in [0.15, 0.2) is 0 Å². The quantitative estimate of drug-likeness (QED) is 0.483. The summed E-state index contributed by atoms with van der Waals surface area (Å²) in [6.07, 6.45) is 0.750. The summed E-state index contributed by atoms with van der Waals surface area (Å²) < 4.78 is 0. The van der Waals surface area contributed by atoms with Crippen molar-refractivity contribution in [3.05, 3.63) is 101 Å². The fraction of sp³-hybridized carbons (Fsp3) is 0.167. The van der Waals surface area contributed by atoms with Gasteiger partial charge in [0.25, 0.3) is 5.91 Å². The minimum absolute atomic E-state index is 0.156. The Bertz CT molecular complexity index is 995. The van der Waals surface area contributed by atoms with E-state index in [1.807, 2.05) is 54.6 Å². The summed E-state index contributed by atoms with van der Waals surface area (Å²) in [5.74, 6) is 0.561. The summed E-state index contributed by atoms with van der Waals surface area (Å²) in [7, 11) is 0. The van der Waals surface area contributed by atoms with E-state index in [-0.39, 0.29) is 17.6 Å². The second-order valence-corrected chi connectivity index (χ2v) is 8.06. The number of hydrogen-bond acceptors (Lipinski definition) is 3. The van der Waals surface area contributed by atoms with Gasteiger partial charge in [-0.15, -0.1) is 11.8 Å². The molecule has 4 nitrogen and oxygen atoms in total. The molecular formula is C24H23ClN2O2S. The first-order valence-electron chi connectivity index (χ1n) is 9.65. The number of rotatable bonds is 9. The second kappa shape index (κ2) is 11.4. The van der Waals surface area contributed by atoms with Crippen molar-refractivity contribution in [2.45, 2.75) is 12.2 Å². The molecule has 0 spiro atoms. The van der Waals surface area contributed by atoms with Gasteiger partial charge in [-0.3, -0.25) is 9.59 Å². The molecule has 0 aliphatic heterocycles. The van der Waals surface area contributed by atoms with Crippen LogP contribution in [0.2, 0.25) is 5.02 Å². The molecule has 0 saturated heterocycles. The molecule has 0 aliphatic carbocycles. The zero-order valence-corrected chi connectivity index (χ0v) is 18.0. The van der Waals surface area contributed by atoms with Crippen LogP contribution in [0.3, 0.4) is 0 Å². The van der Waals surface area contributed by atoms with Crippen LogP contribution in [0, 0.1) is 0 Å². The number of carbonyl (C=O) groups is 2. The number of thioether (sulfide) groups is 1. The normalized spacial score (nSPS) is 10.4. The highest BCUT2D eigenvalue weighted by Crippen LogP contribution is 2.21. The lowest BCUT2D eigenvalue weighted by Crippen LogP contribution is -2.27. The van der Waals surface area contributed by atoms with Gasteiger partial charge in [-0.05, 0) is 35.7 Å². The van der Waals surface area contributed by atoms with Crippen molar-refractivity contribution >= 4 is 40.9 Å². The Labute approximate surface area is 186 Å². The highest BCUT2D eigenvalue weighted by Gasteiger charge is 2.13. The Morgan fingerprint density at radius 3 is 2.37 bits per heavy atom. The van der Waals surface area contributed by atoms with Crippen LogP contribution >= 0.6 is 23.4 Å². The number of nitrogens with one attached hydrogen (secondary N) is 2. The summed E-state index contributed by atoms with van der Waals surface area (Å²) in [5.41, 5.74) is 3.12. The number of anilines is 1. The van der Waals surface area contributed by atoms with Crippen molar-refractivity contribution < 1.29 is 9.59 Å². The molecule has 0 saturated carbocycles. The SMILES string of the molecule is O=C(CSCc1ccccc1Cl)Nc1ccccc1C(=O)NCCc1ccccc1. The summed E-state index contributed by atoms with van der Waals surface area (Å²) >= 11 is 7.62. The molecule has 0 bridgehead atoms. The second-order valence-electron chi connectivity index (χ2n) is 6.67. The molecule has 0 fully saturated rings. The monoisotopic (exact) mass is 438 g/mol. The topological polar surface area (TPSA) is 58.2 Å². The predicted molar refractivity (Wildman–Crippen MR) is 125 cm³/mol. The molecular weight excluding hydrogens is 416 g/mol. The molecule has 2 N–H and O–H groups in total. The number of hydrogen-bond donors (Lipinski definition) is 2. The van der Waals surface area contributed by atoms with Crippen molar-refractivity contribution in [3.8, 4) is 0 Å². The average Bonchev–Trinajstić information content (AvgIpc) is 2.76. The number of para-hydroxylation sites is 1. The van der Waals surface area contributed by atoms with Crippen LogP contribution in [0.25, 0.3) is 0 Å². The maximum Gasteiger partial charge on any atom is 0.253 e. The van der Waals surface area contributed by atoms with Gasteiger partial charge in [-0.2, -0.15) is 0 Å². The van der Waals surface area contributed by atoms with Crippen molar-refractivity contribution in [1.82, 2.24) is 5.32 Å². The minimum atomic E-state index is -0.203. The molecule has 0 unspecified atom stereocenters. The Hall–Kier alpha value is -2.76. The van der Waals surface area contributed by atoms with E-state index < -0.39 is 0 Å². The Morgan fingerprint density at radius 1 is 0.867 bits per heavy atom. The molecule has 0 atom stereocenters. The smallest absolute Gasteiger partial charge is 0.253 e. The van der Waals surface area contributed by atoms with Gasteiger partial charge in [-0.25, -0.2) is 0 Å². The molecule has 6 heteroatoms. The van der Waals surface area contributed by atoms with Gasteiger partial charge in [0.1, 0.15) is 0 Å². The van der Waals surface area contributed by atoms with Gasteiger partial charge in [-0.1, -0.05) is 72.3 Å². The van der Waals surface area contributed by atoms with E-state index in [0.717, 1.165) is 17.5 Å². The zero-order valence-electron chi connectivity index (χ0n) is 16.4. The van der Waals surface area contributed by atoms with Crippen LogP contribution in [-0.4, -0.2) is 24.1 Å². The number of halogens is 1. The van der Waals surface area contributed by atoms with E-state index in [2.05, 4.69) is 10.6 Å². The number of carbonyl (C=O) groups excluding carboxylic acids is 2. The first kappa shape index (κ1) is 21.9. The lowest BCUT2D eigenvalue weighted by Gasteiger charge is -2.12. The van der Waals surface area contributed by atoms with Gasteiger partial charge in [0.2, 0.25) is 5.91 Å². The molecule has 0 radical (unpaired) electrons. The molecule has 0 aliphatic rings. The molecule has 3 aromatic carbocycles. The number of benzene rings is 3. The fourth-order valence-electron chi connectivity index (χ4n) is 2.91. The third-order valence-electron chi connectivity index (χ3n) is 4.44. The zero-order chi connectivity index (χ0) is 21.2. The van der Waals surface area contributed by atoms with E-state index in [0.29, 0.717) is 28.6 Å². The van der Waals surface area contributed by atoms with Gasteiger partial charge in [0, 0.05) is 17.3 Å². The maximum atomic E-state index is 12.6. The lowest BCUT2D eigenvalue weighted by molar-refractivity contribution is -0.113. The van der Waals surface area contributed by atoms with Crippen molar-refractivity contribution in [2.24, 2.45) is 0 Å². The summed E-state index contributed by atoms with van der Waals surface area (Å²) in [6.45, 7) is 0.527. The van der Waals surface area contributed by atoms with Gasteiger partial charge >= 0.3 is 0 Å². The van der Waals surface area contributed by atoms with Gasteiger partial charge < -0.3 is 10.6 Å². The molecule has 0 aromatic heterocycles. The Kier molecular flexibility index (Phi) is 8.36. The molecule has 0 heterocycles. The largest absolute Gasteiger partial charge is 0.352 e. The van der Waals surface area contributed by atoms with Gasteiger partial charge in [0.05, 0.1) is 17.0 Å². The van der Waals surface area contributed by atoms with E-state index in [1.54, 1.807) is 24.3 Å². The third kappa shape index (κ3) is 6.65. The van der Waals surface area contributed by atoms with Crippen molar-refractivity contribution in [1.29, 1.82) is 0 Å². The standard InChI is InChI=1S/C24H23ClN2O2S/c25-21-12-6-4-10-19(21)16-30-17-23(28)27-22-13-7-5-11-20(22)24(29)26-15-14-18-8-2-1-3-9-18/h1-13H,14-17H2,(H,26,29)(H,27,28). The molecule has 30 heavy (non-hydrogen) atoms. The van der Waals surface area contributed by atoms with Crippen LogP contribution in [0.15, 0.2) is 78.9 Å². The van der Waals surface area contributed by atoms with Crippen LogP contribution in [0.4, 0.5) is 5.69 Å².